The number of rotatable bonds is 11. The number of fused-ring (bicyclic) bond motifs is 1. The number of thiazole rings is 1. The van der Waals surface area contributed by atoms with Gasteiger partial charge in [0.1, 0.15) is 5.01 Å². The van der Waals surface area contributed by atoms with Crippen LogP contribution in [0, 0.1) is 0 Å². The van der Waals surface area contributed by atoms with Gasteiger partial charge in [-0.15, -0.1) is 11.3 Å². The Balaban J connectivity index is 1.04. The van der Waals surface area contributed by atoms with Gasteiger partial charge in [-0.1, -0.05) is 66.7 Å². The number of benzene rings is 4. The molecule has 0 saturated heterocycles. The van der Waals surface area contributed by atoms with Crippen LogP contribution < -0.4 is 10.0 Å². The lowest BCUT2D eigenvalue weighted by Crippen LogP contribution is -2.23. The molecule has 7 nitrogen and oxygen atoms in total. The monoisotopic (exact) mass is 606 g/mol. The number of sulfonamides is 1. The zero-order valence-corrected chi connectivity index (χ0v) is 24.9. The van der Waals surface area contributed by atoms with Crippen molar-refractivity contribution in [2.24, 2.45) is 0 Å². The predicted octanol–water partition coefficient (Wildman–Crippen LogP) is 6.69. The molecule has 0 aliphatic carbocycles. The molecule has 216 valence electrons. The Kier molecular flexibility index (Phi) is 8.57. The van der Waals surface area contributed by atoms with Gasteiger partial charge < -0.3 is 10.4 Å². The lowest BCUT2D eigenvalue weighted by atomic mass is 10.1. The molecule has 3 N–H and O–H groups in total. The summed E-state index contributed by atoms with van der Waals surface area (Å²) in [4.78, 5) is 9.02. The van der Waals surface area contributed by atoms with Gasteiger partial charge in [-0.2, -0.15) is 0 Å². The summed E-state index contributed by atoms with van der Waals surface area (Å²) in [6.07, 6.45) is 3.46. The zero-order chi connectivity index (χ0) is 29.6. The summed E-state index contributed by atoms with van der Waals surface area (Å²) in [6, 6.07) is 32.3. The summed E-state index contributed by atoms with van der Waals surface area (Å²) >= 11 is 1.53. The van der Waals surface area contributed by atoms with Gasteiger partial charge in [-0.05, 0) is 65.7 Å². The molecule has 43 heavy (non-hydrogen) atoms. The third kappa shape index (κ3) is 6.98. The molecule has 6 rings (SSSR count). The standard InChI is InChI=1S/C34H30N4O3S2/c39-33(29-6-3-18-35-21-29)22-36-19-17-24-7-13-30(14-8-24)38-43(40,41)31-15-11-26(12-16-31)34-37-32(23-42-34)28-10-9-25-4-1-2-5-27(25)20-28/h1-16,18,20-21,23,33,36,38-39H,17,19,22H2/t33-/m1/s1. The molecule has 0 unspecified atom stereocenters. The van der Waals surface area contributed by atoms with Gasteiger partial charge in [0, 0.05) is 46.7 Å². The Bertz CT molecular complexity index is 1930. The molecule has 0 bridgehead atoms. The van der Waals surface area contributed by atoms with Crippen LogP contribution in [0.1, 0.15) is 17.2 Å². The molecular formula is C34H30N4O3S2. The van der Waals surface area contributed by atoms with Gasteiger partial charge in [-0.25, -0.2) is 13.4 Å². The molecule has 2 aromatic heterocycles. The van der Waals surface area contributed by atoms with E-state index in [-0.39, 0.29) is 4.90 Å². The fourth-order valence-corrected chi connectivity index (χ4v) is 6.67. The highest BCUT2D eigenvalue weighted by Gasteiger charge is 2.15. The lowest BCUT2D eigenvalue weighted by Gasteiger charge is -2.12. The molecule has 2 heterocycles. The molecule has 0 radical (unpaired) electrons. The maximum Gasteiger partial charge on any atom is 0.261 e. The van der Waals surface area contributed by atoms with Crippen LogP contribution in [0.3, 0.4) is 0 Å². The number of aromatic nitrogens is 2. The second-order valence-electron chi connectivity index (χ2n) is 10.2. The third-order valence-corrected chi connectivity index (χ3v) is 9.45. The van der Waals surface area contributed by atoms with E-state index in [0.29, 0.717) is 18.8 Å². The second-order valence-corrected chi connectivity index (χ2v) is 12.7. The van der Waals surface area contributed by atoms with Crippen LogP contribution in [0.4, 0.5) is 5.69 Å². The van der Waals surface area contributed by atoms with E-state index in [4.69, 9.17) is 4.98 Å². The largest absolute Gasteiger partial charge is 0.387 e. The summed E-state index contributed by atoms with van der Waals surface area (Å²) in [7, 11) is -3.75. The lowest BCUT2D eigenvalue weighted by molar-refractivity contribution is 0.174. The smallest absolute Gasteiger partial charge is 0.261 e. The summed E-state index contributed by atoms with van der Waals surface area (Å²) < 4.78 is 28.8. The van der Waals surface area contributed by atoms with Gasteiger partial charge in [0.15, 0.2) is 0 Å². The Morgan fingerprint density at radius 3 is 2.37 bits per heavy atom. The van der Waals surface area contributed by atoms with Crippen LogP contribution >= 0.6 is 11.3 Å². The van der Waals surface area contributed by atoms with Crippen LogP contribution in [0.15, 0.2) is 126 Å². The fraction of sp³-hybridized carbons (Fsp3) is 0.118. The number of pyridine rings is 1. The second kappa shape index (κ2) is 12.8. The predicted molar refractivity (Wildman–Crippen MR) is 174 cm³/mol. The van der Waals surface area contributed by atoms with Gasteiger partial charge in [0.05, 0.1) is 16.7 Å². The highest BCUT2D eigenvalue weighted by molar-refractivity contribution is 7.92. The van der Waals surface area contributed by atoms with E-state index in [9.17, 15) is 13.5 Å². The van der Waals surface area contributed by atoms with E-state index >= 15 is 0 Å². The Labute approximate surface area is 255 Å². The molecular weight excluding hydrogens is 577 g/mol. The molecule has 0 fully saturated rings. The first-order valence-corrected chi connectivity index (χ1v) is 16.3. The van der Waals surface area contributed by atoms with E-state index in [2.05, 4.69) is 45.4 Å². The average Bonchev–Trinajstić information content (AvgIpc) is 3.54. The number of aliphatic hydroxyl groups is 1. The maximum absolute atomic E-state index is 13.1. The molecule has 0 amide bonds. The van der Waals surface area contributed by atoms with E-state index in [0.717, 1.165) is 44.8 Å². The summed E-state index contributed by atoms with van der Waals surface area (Å²) in [5.74, 6) is 0. The molecule has 4 aromatic carbocycles. The molecule has 9 heteroatoms. The molecule has 0 aliphatic heterocycles. The summed E-state index contributed by atoms with van der Waals surface area (Å²) in [6.45, 7) is 1.11. The van der Waals surface area contributed by atoms with Gasteiger partial charge in [0.2, 0.25) is 0 Å². The minimum atomic E-state index is -3.75. The first-order valence-electron chi connectivity index (χ1n) is 13.9. The van der Waals surface area contributed by atoms with E-state index in [1.807, 2.05) is 35.7 Å². The molecule has 0 saturated carbocycles. The molecule has 0 spiro atoms. The van der Waals surface area contributed by atoms with Crippen LogP contribution in [-0.4, -0.2) is 36.6 Å². The first kappa shape index (κ1) is 28.7. The Morgan fingerprint density at radius 1 is 0.837 bits per heavy atom. The van der Waals surface area contributed by atoms with Crippen LogP contribution in [0.5, 0.6) is 0 Å². The van der Waals surface area contributed by atoms with Gasteiger partial charge >= 0.3 is 0 Å². The van der Waals surface area contributed by atoms with Gasteiger partial charge in [-0.3, -0.25) is 9.71 Å². The quantitative estimate of drug-likeness (QED) is 0.142. The zero-order valence-electron chi connectivity index (χ0n) is 23.2. The van der Waals surface area contributed by atoms with Crippen molar-refractivity contribution in [3.8, 4) is 21.8 Å². The average molecular weight is 607 g/mol. The Hall–Kier alpha value is -4.41. The SMILES string of the molecule is O=S(=O)(Nc1ccc(CCNC[C@@H](O)c2cccnc2)cc1)c1ccc(-c2nc(-c3ccc4ccccc4c3)cs2)cc1. The highest BCUT2D eigenvalue weighted by atomic mass is 32.2. The van der Waals surface area contributed by atoms with Crippen molar-refractivity contribution in [1.82, 2.24) is 15.3 Å². The molecule has 6 aromatic rings. The van der Waals surface area contributed by atoms with Crippen molar-refractivity contribution in [2.75, 3.05) is 17.8 Å². The summed E-state index contributed by atoms with van der Waals surface area (Å²) in [5.41, 5.74) is 5.13. The van der Waals surface area contributed by atoms with Crippen molar-refractivity contribution in [2.45, 2.75) is 17.4 Å². The number of anilines is 1. The number of hydrogen-bond acceptors (Lipinski definition) is 7. The van der Waals surface area contributed by atoms with Crippen LogP contribution in [0.25, 0.3) is 32.6 Å². The fourth-order valence-electron chi connectivity index (χ4n) is 4.78. The minimum absolute atomic E-state index is 0.183. The Morgan fingerprint density at radius 2 is 1.60 bits per heavy atom. The number of nitrogens with zero attached hydrogens (tertiary/aromatic N) is 2. The van der Waals surface area contributed by atoms with Crippen molar-refractivity contribution < 1.29 is 13.5 Å². The number of hydrogen-bond donors (Lipinski definition) is 3. The molecule has 1 atom stereocenters. The van der Waals surface area contributed by atoms with E-state index in [1.54, 1.807) is 54.9 Å². The van der Waals surface area contributed by atoms with E-state index < -0.39 is 16.1 Å². The van der Waals surface area contributed by atoms with E-state index in [1.165, 1.54) is 16.7 Å². The van der Waals surface area contributed by atoms with Gasteiger partial charge in [0.25, 0.3) is 10.0 Å². The summed E-state index contributed by atoms with van der Waals surface area (Å²) in [5, 5.41) is 18.7. The third-order valence-electron chi connectivity index (χ3n) is 7.16. The number of aliphatic hydroxyl groups excluding tert-OH is 1. The minimum Gasteiger partial charge on any atom is -0.387 e. The van der Waals surface area contributed by atoms with Crippen molar-refractivity contribution in [3.63, 3.8) is 0 Å². The van der Waals surface area contributed by atoms with Crippen LogP contribution in [-0.2, 0) is 16.4 Å². The number of nitrogens with one attached hydrogen (secondary N) is 2. The maximum atomic E-state index is 13.1. The normalized spacial score (nSPS) is 12.3. The topological polar surface area (TPSA) is 104 Å². The van der Waals surface area contributed by atoms with Crippen molar-refractivity contribution in [1.29, 1.82) is 0 Å². The molecule has 0 aliphatic rings. The van der Waals surface area contributed by atoms with Crippen molar-refractivity contribution >= 4 is 37.8 Å². The van der Waals surface area contributed by atoms with Crippen molar-refractivity contribution in [3.05, 3.63) is 132 Å². The van der Waals surface area contributed by atoms with Crippen LogP contribution in [0.2, 0.25) is 0 Å². The highest BCUT2D eigenvalue weighted by Crippen LogP contribution is 2.31. The first-order chi connectivity index (χ1) is 20.9.